The van der Waals surface area contributed by atoms with Crippen molar-refractivity contribution < 1.29 is 0 Å². The van der Waals surface area contributed by atoms with E-state index in [0.29, 0.717) is 5.56 Å². The molecule has 22 heavy (non-hydrogen) atoms. The normalized spacial score (nSPS) is 10.4. The van der Waals surface area contributed by atoms with Crippen molar-refractivity contribution in [1.29, 1.82) is 5.26 Å². The fourth-order valence-corrected chi connectivity index (χ4v) is 3.74. The monoisotopic (exact) mass is 322 g/mol. The highest BCUT2D eigenvalue weighted by molar-refractivity contribution is 7.99. The molecule has 0 spiro atoms. The van der Waals surface area contributed by atoms with E-state index in [4.69, 9.17) is 4.98 Å². The van der Waals surface area contributed by atoms with Crippen molar-refractivity contribution >= 4 is 23.1 Å². The zero-order valence-electron chi connectivity index (χ0n) is 12.1. The van der Waals surface area contributed by atoms with Crippen LogP contribution >= 0.6 is 23.1 Å². The number of thioether (sulfide) groups is 1. The van der Waals surface area contributed by atoms with Crippen molar-refractivity contribution in [2.45, 2.75) is 11.9 Å². The molecule has 108 valence electrons. The molecule has 1 aromatic carbocycles. The summed E-state index contributed by atoms with van der Waals surface area (Å²) in [5.41, 5.74) is 3.64. The highest BCUT2D eigenvalue weighted by atomic mass is 32.2. The molecule has 3 aromatic rings. The van der Waals surface area contributed by atoms with E-state index < -0.39 is 0 Å². The maximum absolute atomic E-state index is 9.59. The van der Waals surface area contributed by atoms with Gasteiger partial charge in [-0.25, -0.2) is 4.98 Å². The molecule has 3 rings (SSSR count). The number of nitrogens with zero attached hydrogens (tertiary/aromatic N) is 2. The summed E-state index contributed by atoms with van der Waals surface area (Å²) in [6.45, 7) is 2.08. The van der Waals surface area contributed by atoms with Crippen LogP contribution < -0.4 is 0 Å². The first-order valence-electron chi connectivity index (χ1n) is 7.00. The van der Waals surface area contributed by atoms with Gasteiger partial charge in [-0.1, -0.05) is 43.3 Å². The van der Waals surface area contributed by atoms with Crippen molar-refractivity contribution in [3.05, 3.63) is 59.5 Å². The van der Waals surface area contributed by atoms with E-state index in [0.717, 1.165) is 32.5 Å². The quantitative estimate of drug-likeness (QED) is 0.598. The summed E-state index contributed by atoms with van der Waals surface area (Å²) >= 11 is 3.27. The maximum Gasteiger partial charge on any atom is 0.115 e. The summed E-state index contributed by atoms with van der Waals surface area (Å²) in [6.07, 6.45) is 0. The minimum Gasteiger partial charge on any atom is -0.240 e. The summed E-state index contributed by atoms with van der Waals surface area (Å²) < 4.78 is 0. The molecule has 0 aliphatic heterocycles. The van der Waals surface area contributed by atoms with Crippen LogP contribution in [-0.2, 0) is 0 Å². The second kappa shape index (κ2) is 6.78. The lowest BCUT2D eigenvalue weighted by Gasteiger charge is -2.10. The van der Waals surface area contributed by atoms with E-state index in [-0.39, 0.29) is 0 Å². The molecule has 0 aliphatic rings. The molecule has 2 nitrogen and oxygen atoms in total. The Bertz CT molecular complexity index is 803. The SMILES string of the molecule is CCSc1nc(-c2ccccc2)cc(-c2cccs2)c1C#N. The van der Waals surface area contributed by atoms with Gasteiger partial charge in [0.05, 0.1) is 11.3 Å². The molecule has 0 amide bonds. The van der Waals surface area contributed by atoms with Crippen LogP contribution in [0.15, 0.2) is 58.9 Å². The van der Waals surface area contributed by atoms with Crippen LogP contribution in [0.1, 0.15) is 12.5 Å². The van der Waals surface area contributed by atoms with Gasteiger partial charge in [-0.3, -0.25) is 0 Å². The molecule has 0 saturated heterocycles. The summed E-state index contributed by atoms with van der Waals surface area (Å²) in [7, 11) is 0. The second-order valence-electron chi connectivity index (χ2n) is 4.62. The Balaban J connectivity index is 2.24. The number of rotatable bonds is 4. The van der Waals surface area contributed by atoms with Crippen molar-refractivity contribution in [2.75, 3.05) is 5.75 Å². The minimum absolute atomic E-state index is 0.675. The van der Waals surface area contributed by atoms with Crippen molar-refractivity contribution in [3.8, 4) is 27.8 Å². The van der Waals surface area contributed by atoms with Gasteiger partial charge in [0, 0.05) is 16.0 Å². The molecule has 2 aromatic heterocycles. The van der Waals surface area contributed by atoms with E-state index >= 15 is 0 Å². The summed E-state index contributed by atoms with van der Waals surface area (Å²) in [6, 6.07) is 18.5. The van der Waals surface area contributed by atoms with Gasteiger partial charge < -0.3 is 0 Å². The molecule has 4 heteroatoms. The van der Waals surface area contributed by atoms with Gasteiger partial charge >= 0.3 is 0 Å². The predicted molar refractivity (Wildman–Crippen MR) is 94.1 cm³/mol. The van der Waals surface area contributed by atoms with Gasteiger partial charge in [0.1, 0.15) is 11.1 Å². The smallest absolute Gasteiger partial charge is 0.115 e. The largest absolute Gasteiger partial charge is 0.240 e. The number of hydrogen-bond acceptors (Lipinski definition) is 4. The Hall–Kier alpha value is -2.09. The third-order valence-corrected chi connectivity index (χ3v) is 5.00. The van der Waals surface area contributed by atoms with E-state index in [1.54, 1.807) is 23.1 Å². The predicted octanol–water partition coefficient (Wildman–Crippen LogP) is 5.46. The van der Waals surface area contributed by atoms with Gasteiger partial charge in [-0.15, -0.1) is 23.1 Å². The molecular formula is C18H14N2S2. The van der Waals surface area contributed by atoms with Gasteiger partial charge in [0.15, 0.2) is 0 Å². The Kier molecular flexibility index (Phi) is 4.57. The lowest BCUT2D eigenvalue weighted by Crippen LogP contribution is -1.95. The first kappa shape index (κ1) is 14.8. The van der Waals surface area contributed by atoms with E-state index in [1.165, 1.54) is 0 Å². The zero-order valence-corrected chi connectivity index (χ0v) is 13.7. The fraction of sp³-hybridized carbons (Fsp3) is 0.111. The van der Waals surface area contributed by atoms with Crippen LogP contribution in [0, 0.1) is 11.3 Å². The standard InChI is InChI=1S/C18H14N2S2/c1-2-21-18-15(12-19)14(17-9-6-10-22-17)11-16(20-18)13-7-4-3-5-8-13/h3-11H,2H2,1H3. The maximum atomic E-state index is 9.59. The lowest BCUT2D eigenvalue weighted by atomic mass is 10.0. The number of thiophene rings is 1. The number of hydrogen-bond donors (Lipinski definition) is 0. The number of aromatic nitrogens is 1. The highest BCUT2D eigenvalue weighted by Gasteiger charge is 2.15. The van der Waals surface area contributed by atoms with Crippen LogP contribution in [-0.4, -0.2) is 10.7 Å². The molecule has 0 radical (unpaired) electrons. The van der Waals surface area contributed by atoms with Gasteiger partial charge in [-0.2, -0.15) is 5.26 Å². The minimum atomic E-state index is 0.675. The van der Waals surface area contributed by atoms with Crippen LogP contribution in [0.4, 0.5) is 0 Å². The molecule has 0 bridgehead atoms. The lowest BCUT2D eigenvalue weighted by molar-refractivity contribution is 1.12. The van der Waals surface area contributed by atoms with Crippen molar-refractivity contribution in [1.82, 2.24) is 4.98 Å². The number of pyridine rings is 1. The van der Waals surface area contributed by atoms with E-state index in [2.05, 4.69) is 19.1 Å². The molecule has 0 atom stereocenters. The number of benzene rings is 1. The third kappa shape index (κ3) is 2.92. The average molecular weight is 322 g/mol. The molecule has 0 saturated carbocycles. The van der Waals surface area contributed by atoms with Crippen molar-refractivity contribution in [3.63, 3.8) is 0 Å². The average Bonchev–Trinajstić information content (AvgIpc) is 3.09. The summed E-state index contributed by atoms with van der Waals surface area (Å²) in [5.74, 6) is 0.893. The Morgan fingerprint density at radius 2 is 2.00 bits per heavy atom. The Morgan fingerprint density at radius 1 is 1.18 bits per heavy atom. The molecule has 0 aliphatic carbocycles. The molecule has 2 heterocycles. The zero-order chi connectivity index (χ0) is 15.4. The van der Waals surface area contributed by atoms with Gasteiger partial charge in [-0.05, 0) is 23.3 Å². The first-order valence-corrected chi connectivity index (χ1v) is 8.87. The molecular weight excluding hydrogens is 308 g/mol. The van der Waals surface area contributed by atoms with Gasteiger partial charge in [0.25, 0.3) is 0 Å². The van der Waals surface area contributed by atoms with Crippen LogP contribution in [0.2, 0.25) is 0 Å². The Labute approximate surface area is 138 Å². The number of nitriles is 1. The van der Waals surface area contributed by atoms with Crippen molar-refractivity contribution in [2.24, 2.45) is 0 Å². The van der Waals surface area contributed by atoms with E-state index in [1.807, 2.05) is 47.8 Å². The molecule has 0 fully saturated rings. The second-order valence-corrected chi connectivity index (χ2v) is 6.82. The summed E-state index contributed by atoms with van der Waals surface area (Å²) in [4.78, 5) is 5.82. The highest BCUT2D eigenvalue weighted by Crippen LogP contribution is 2.35. The van der Waals surface area contributed by atoms with E-state index in [9.17, 15) is 5.26 Å². The van der Waals surface area contributed by atoms with Crippen LogP contribution in [0.5, 0.6) is 0 Å². The van der Waals surface area contributed by atoms with Crippen LogP contribution in [0.25, 0.3) is 21.7 Å². The third-order valence-electron chi connectivity index (χ3n) is 3.24. The molecule has 0 unspecified atom stereocenters. The fourth-order valence-electron chi connectivity index (χ4n) is 2.25. The van der Waals surface area contributed by atoms with Crippen LogP contribution in [0.3, 0.4) is 0 Å². The molecule has 0 N–H and O–H groups in total. The summed E-state index contributed by atoms with van der Waals surface area (Å²) in [5, 5.41) is 12.4. The van der Waals surface area contributed by atoms with Gasteiger partial charge in [0.2, 0.25) is 0 Å². The Morgan fingerprint density at radius 3 is 2.64 bits per heavy atom. The first-order chi connectivity index (χ1) is 10.8. The topological polar surface area (TPSA) is 36.7 Å².